The number of hydrogen-bond acceptors (Lipinski definition) is 5. The third-order valence-electron chi connectivity index (χ3n) is 6.21. The zero-order chi connectivity index (χ0) is 25.7. The summed E-state index contributed by atoms with van der Waals surface area (Å²) in [4.78, 5) is 18.3. The van der Waals surface area contributed by atoms with Crippen LogP contribution in [0.15, 0.2) is 65.4 Å². The van der Waals surface area contributed by atoms with E-state index in [1.165, 1.54) is 30.7 Å². The number of aromatic nitrogens is 2. The van der Waals surface area contributed by atoms with Crippen molar-refractivity contribution in [1.29, 1.82) is 0 Å². The van der Waals surface area contributed by atoms with Crippen molar-refractivity contribution in [3.05, 3.63) is 95.3 Å². The summed E-state index contributed by atoms with van der Waals surface area (Å²) in [6.45, 7) is 0.212. The maximum Gasteiger partial charge on any atom is 0.307 e. The Hall–Kier alpha value is -4.73. The topological polar surface area (TPSA) is 97.6 Å². The number of nitrogens with one attached hydrogen (secondary N) is 1. The van der Waals surface area contributed by atoms with Crippen molar-refractivity contribution in [1.82, 2.24) is 9.97 Å². The SMILES string of the molecule is O=C(O)Cc1cccc2c1OCC2c1coc(-c2cc(Oc3c(F)cc4[nH]ccc4c3F)ccc2F)n1. The molecular formula is C27H17F3N2O5. The fourth-order valence-corrected chi connectivity index (χ4v) is 4.48. The molecule has 0 aliphatic carbocycles. The Kier molecular flexibility index (Phi) is 5.36. The number of carboxylic acids is 1. The Morgan fingerprint density at radius 2 is 2.00 bits per heavy atom. The highest BCUT2D eigenvalue weighted by Crippen LogP contribution is 2.41. The van der Waals surface area contributed by atoms with Gasteiger partial charge in [0.25, 0.3) is 0 Å². The molecule has 0 bridgehead atoms. The summed E-state index contributed by atoms with van der Waals surface area (Å²) in [6, 6.07) is 11.4. The number of H-pyrrole nitrogens is 1. The lowest BCUT2D eigenvalue weighted by atomic mass is 9.96. The standard InChI is InChI=1S/C27H17F3N2O5/c28-19-5-4-14(37-26-20(29)10-21-16(24(26)30)6-7-31-21)9-17(19)27-32-22(12-36-27)18-11-35-25-13(8-23(33)34)2-1-3-15(18)25/h1-7,9-10,12,18,31H,8,11H2,(H,33,34). The minimum atomic E-state index is -0.977. The van der Waals surface area contributed by atoms with E-state index in [1.807, 2.05) is 6.07 Å². The van der Waals surface area contributed by atoms with E-state index in [2.05, 4.69) is 9.97 Å². The lowest BCUT2D eigenvalue weighted by Gasteiger charge is -2.10. The van der Waals surface area contributed by atoms with Crippen LogP contribution in [-0.2, 0) is 11.2 Å². The number of aliphatic carboxylic acids is 1. The fraction of sp³-hybridized carbons (Fsp3) is 0.111. The number of benzene rings is 3. The lowest BCUT2D eigenvalue weighted by Crippen LogP contribution is -2.03. The number of fused-ring (bicyclic) bond motifs is 2. The van der Waals surface area contributed by atoms with Crippen LogP contribution in [0.1, 0.15) is 22.7 Å². The fourth-order valence-electron chi connectivity index (χ4n) is 4.48. The molecule has 2 N–H and O–H groups in total. The number of nitrogens with zero attached hydrogens (tertiary/aromatic N) is 1. The highest BCUT2D eigenvalue weighted by atomic mass is 19.1. The average Bonchev–Trinajstić information content (AvgIpc) is 3.62. The molecule has 7 nitrogen and oxygen atoms in total. The first kappa shape index (κ1) is 22.7. The first-order valence-corrected chi connectivity index (χ1v) is 11.2. The smallest absolute Gasteiger partial charge is 0.307 e. The molecular weight excluding hydrogens is 489 g/mol. The minimum Gasteiger partial charge on any atom is -0.492 e. The van der Waals surface area contributed by atoms with Gasteiger partial charge in [-0.1, -0.05) is 18.2 Å². The zero-order valence-corrected chi connectivity index (χ0v) is 18.9. The summed E-state index contributed by atoms with van der Waals surface area (Å²) in [5.74, 6) is -4.00. The second-order valence-corrected chi connectivity index (χ2v) is 8.53. The minimum absolute atomic E-state index is 0.0170. The van der Waals surface area contributed by atoms with Gasteiger partial charge in [0.1, 0.15) is 30.2 Å². The lowest BCUT2D eigenvalue weighted by molar-refractivity contribution is -0.136. The van der Waals surface area contributed by atoms with E-state index < -0.39 is 29.2 Å². The molecule has 1 atom stereocenters. The maximum absolute atomic E-state index is 14.8. The van der Waals surface area contributed by atoms with Crippen molar-refractivity contribution in [3.63, 3.8) is 0 Å². The van der Waals surface area contributed by atoms with Crippen LogP contribution >= 0.6 is 0 Å². The Morgan fingerprint density at radius 1 is 1.14 bits per heavy atom. The van der Waals surface area contributed by atoms with E-state index in [-0.39, 0.29) is 47.1 Å². The number of ether oxygens (including phenoxy) is 2. The molecule has 0 amide bonds. The molecule has 37 heavy (non-hydrogen) atoms. The molecule has 1 aliphatic heterocycles. The summed E-state index contributed by atoms with van der Waals surface area (Å²) < 4.78 is 60.8. The molecule has 0 radical (unpaired) electrons. The summed E-state index contributed by atoms with van der Waals surface area (Å²) in [7, 11) is 0. The van der Waals surface area contributed by atoms with Crippen LogP contribution < -0.4 is 9.47 Å². The van der Waals surface area contributed by atoms with E-state index in [0.29, 0.717) is 17.0 Å². The number of carboxylic acid groups (broad SMARTS) is 1. The molecule has 0 fully saturated rings. The first-order valence-electron chi connectivity index (χ1n) is 11.2. The van der Waals surface area contributed by atoms with Crippen LogP contribution in [0.5, 0.6) is 17.2 Å². The number of para-hydroxylation sites is 1. The number of halogens is 3. The third kappa shape index (κ3) is 3.96. The number of oxazole rings is 1. The quantitative estimate of drug-likeness (QED) is 0.285. The number of hydrogen-bond donors (Lipinski definition) is 2. The van der Waals surface area contributed by atoms with Crippen LogP contribution in [0.25, 0.3) is 22.4 Å². The van der Waals surface area contributed by atoms with Gasteiger partial charge in [-0.15, -0.1) is 0 Å². The molecule has 6 rings (SSSR count). The highest BCUT2D eigenvalue weighted by molar-refractivity contribution is 5.82. The van der Waals surface area contributed by atoms with Gasteiger partial charge in [-0.05, 0) is 24.3 Å². The van der Waals surface area contributed by atoms with Crippen molar-refractivity contribution in [3.8, 4) is 28.7 Å². The van der Waals surface area contributed by atoms with Crippen molar-refractivity contribution >= 4 is 16.9 Å². The molecule has 5 aromatic rings. The van der Waals surface area contributed by atoms with Gasteiger partial charge < -0.3 is 24.0 Å². The van der Waals surface area contributed by atoms with Crippen LogP contribution in [0.3, 0.4) is 0 Å². The molecule has 1 aliphatic rings. The van der Waals surface area contributed by atoms with Crippen LogP contribution in [0.2, 0.25) is 0 Å². The van der Waals surface area contributed by atoms with Gasteiger partial charge in [-0.3, -0.25) is 4.79 Å². The molecule has 2 aromatic heterocycles. The number of rotatable bonds is 6. The van der Waals surface area contributed by atoms with E-state index >= 15 is 0 Å². The molecule has 10 heteroatoms. The Bertz CT molecular complexity index is 1680. The first-order chi connectivity index (χ1) is 17.9. The third-order valence-corrected chi connectivity index (χ3v) is 6.21. The summed E-state index contributed by atoms with van der Waals surface area (Å²) >= 11 is 0. The summed E-state index contributed by atoms with van der Waals surface area (Å²) in [5, 5.41) is 9.30. The Balaban J connectivity index is 1.31. The largest absolute Gasteiger partial charge is 0.492 e. The van der Waals surface area contributed by atoms with Crippen LogP contribution in [-0.4, -0.2) is 27.7 Å². The van der Waals surface area contributed by atoms with Crippen molar-refractivity contribution in [2.24, 2.45) is 0 Å². The van der Waals surface area contributed by atoms with Gasteiger partial charge in [0, 0.05) is 28.8 Å². The van der Waals surface area contributed by atoms with Crippen LogP contribution in [0, 0.1) is 17.5 Å². The molecule has 3 aromatic carbocycles. The highest BCUT2D eigenvalue weighted by Gasteiger charge is 2.31. The van der Waals surface area contributed by atoms with Gasteiger partial charge in [0.15, 0.2) is 17.4 Å². The van der Waals surface area contributed by atoms with E-state index in [9.17, 15) is 18.0 Å². The van der Waals surface area contributed by atoms with Crippen molar-refractivity contribution in [2.45, 2.75) is 12.3 Å². The number of aromatic amines is 1. The average molecular weight is 506 g/mol. The van der Waals surface area contributed by atoms with Gasteiger partial charge >= 0.3 is 5.97 Å². The molecule has 186 valence electrons. The molecule has 0 saturated carbocycles. The van der Waals surface area contributed by atoms with Gasteiger partial charge in [-0.25, -0.2) is 18.2 Å². The van der Waals surface area contributed by atoms with Crippen molar-refractivity contribution in [2.75, 3.05) is 6.61 Å². The zero-order valence-electron chi connectivity index (χ0n) is 18.9. The van der Waals surface area contributed by atoms with Crippen molar-refractivity contribution < 1.29 is 37.0 Å². The predicted octanol–water partition coefficient (Wildman–Crippen LogP) is 6.18. The number of carbonyl (C=O) groups is 1. The monoisotopic (exact) mass is 506 g/mol. The molecule has 3 heterocycles. The van der Waals surface area contributed by atoms with Gasteiger partial charge in [0.05, 0.1) is 29.1 Å². The van der Waals surface area contributed by atoms with E-state index in [0.717, 1.165) is 17.7 Å². The van der Waals surface area contributed by atoms with Gasteiger partial charge in [0.2, 0.25) is 5.89 Å². The second-order valence-electron chi connectivity index (χ2n) is 8.53. The predicted molar refractivity (Wildman–Crippen MR) is 125 cm³/mol. The van der Waals surface area contributed by atoms with E-state index in [1.54, 1.807) is 12.1 Å². The second kappa shape index (κ2) is 8.74. The maximum atomic E-state index is 14.8. The van der Waals surface area contributed by atoms with Crippen LogP contribution in [0.4, 0.5) is 13.2 Å². The Labute approximate surface area is 207 Å². The molecule has 1 unspecified atom stereocenters. The summed E-state index contributed by atoms with van der Waals surface area (Å²) in [6.07, 6.45) is 2.67. The Morgan fingerprint density at radius 3 is 2.84 bits per heavy atom. The van der Waals surface area contributed by atoms with E-state index in [4.69, 9.17) is 19.0 Å². The molecule has 0 spiro atoms. The normalized spacial score (nSPS) is 14.5. The summed E-state index contributed by atoms with van der Waals surface area (Å²) in [5.41, 5.74) is 1.97. The molecule has 0 saturated heterocycles. The van der Waals surface area contributed by atoms with Gasteiger partial charge in [-0.2, -0.15) is 0 Å².